The smallest absolute Gasteiger partial charge is 0.0587 e. The fourth-order valence-electron chi connectivity index (χ4n) is 1.13. The van der Waals surface area contributed by atoms with Crippen LogP contribution in [0.25, 0.3) is 0 Å². The topological polar surface area (TPSA) is 21.3 Å². The second kappa shape index (κ2) is 8.27. The number of hydrogen-bond donors (Lipinski definition) is 1. The fourth-order valence-corrected chi connectivity index (χ4v) is 1.13. The summed E-state index contributed by atoms with van der Waals surface area (Å²) in [6.07, 6.45) is 4.66. The van der Waals surface area contributed by atoms with Gasteiger partial charge in [0.1, 0.15) is 0 Å². The highest BCUT2D eigenvalue weighted by molar-refractivity contribution is 4.93. The van der Waals surface area contributed by atoms with Crippen LogP contribution in [0.3, 0.4) is 0 Å². The number of ether oxygens (including phenoxy) is 1. The Morgan fingerprint density at radius 1 is 1.46 bits per heavy atom. The van der Waals surface area contributed by atoms with Gasteiger partial charge in [0, 0.05) is 19.7 Å². The first kappa shape index (κ1) is 12.7. The quantitative estimate of drug-likeness (QED) is 0.485. The van der Waals surface area contributed by atoms with E-state index < -0.39 is 0 Å². The van der Waals surface area contributed by atoms with Gasteiger partial charge in [0.05, 0.1) is 6.61 Å². The summed E-state index contributed by atoms with van der Waals surface area (Å²) < 4.78 is 4.96. The minimum Gasteiger partial charge on any atom is -0.383 e. The van der Waals surface area contributed by atoms with Gasteiger partial charge in [-0.05, 0) is 33.6 Å². The van der Waals surface area contributed by atoms with Crippen molar-refractivity contribution < 1.29 is 4.74 Å². The summed E-state index contributed by atoms with van der Waals surface area (Å²) in [6.45, 7) is 8.25. The normalized spacial score (nSPS) is 12.6. The van der Waals surface area contributed by atoms with Crippen LogP contribution in [0.15, 0.2) is 11.6 Å². The standard InChI is InChI=1S/C11H23NO/c1-10(2)6-5-7-11(3)12-8-9-13-4/h6,11-12H,5,7-9H2,1-4H3/t11-/m1/s1. The van der Waals surface area contributed by atoms with Crippen molar-refractivity contribution in [1.29, 1.82) is 0 Å². The Bertz CT molecular complexity index is 139. The Hall–Kier alpha value is -0.340. The molecule has 0 bridgehead atoms. The zero-order valence-electron chi connectivity index (χ0n) is 9.39. The van der Waals surface area contributed by atoms with Gasteiger partial charge in [-0.3, -0.25) is 0 Å². The zero-order chi connectivity index (χ0) is 10.1. The van der Waals surface area contributed by atoms with Crippen molar-refractivity contribution in [3.05, 3.63) is 11.6 Å². The van der Waals surface area contributed by atoms with Crippen molar-refractivity contribution in [2.24, 2.45) is 0 Å². The van der Waals surface area contributed by atoms with Gasteiger partial charge in [-0.2, -0.15) is 0 Å². The van der Waals surface area contributed by atoms with Gasteiger partial charge in [-0.15, -0.1) is 0 Å². The highest BCUT2D eigenvalue weighted by Gasteiger charge is 1.98. The third-order valence-electron chi connectivity index (χ3n) is 1.95. The van der Waals surface area contributed by atoms with Crippen molar-refractivity contribution in [3.63, 3.8) is 0 Å². The molecule has 0 aliphatic rings. The maximum Gasteiger partial charge on any atom is 0.0587 e. The first-order chi connectivity index (χ1) is 6.16. The van der Waals surface area contributed by atoms with E-state index >= 15 is 0 Å². The molecule has 0 saturated carbocycles. The summed E-state index contributed by atoms with van der Waals surface area (Å²) in [5.41, 5.74) is 1.41. The molecule has 0 heterocycles. The van der Waals surface area contributed by atoms with Crippen LogP contribution in [0.5, 0.6) is 0 Å². The number of methoxy groups -OCH3 is 1. The summed E-state index contributed by atoms with van der Waals surface area (Å²) in [7, 11) is 1.73. The van der Waals surface area contributed by atoms with E-state index in [9.17, 15) is 0 Å². The zero-order valence-corrected chi connectivity index (χ0v) is 9.39. The Labute approximate surface area is 82.4 Å². The van der Waals surface area contributed by atoms with Gasteiger partial charge < -0.3 is 10.1 Å². The van der Waals surface area contributed by atoms with Gasteiger partial charge in [-0.1, -0.05) is 11.6 Å². The fraction of sp³-hybridized carbons (Fsp3) is 0.818. The second-order valence-corrected chi connectivity index (χ2v) is 3.71. The molecule has 2 nitrogen and oxygen atoms in total. The monoisotopic (exact) mass is 185 g/mol. The number of nitrogens with one attached hydrogen (secondary N) is 1. The molecule has 0 rings (SSSR count). The minimum absolute atomic E-state index is 0.589. The van der Waals surface area contributed by atoms with Gasteiger partial charge in [-0.25, -0.2) is 0 Å². The summed E-state index contributed by atoms with van der Waals surface area (Å²) >= 11 is 0. The van der Waals surface area contributed by atoms with Crippen LogP contribution in [-0.2, 0) is 4.74 Å². The molecule has 0 aromatic heterocycles. The Balaban J connectivity index is 3.30. The van der Waals surface area contributed by atoms with Crippen molar-refractivity contribution in [1.82, 2.24) is 5.32 Å². The van der Waals surface area contributed by atoms with Crippen LogP contribution < -0.4 is 5.32 Å². The van der Waals surface area contributed by atoms with Crippen LogP contribution in [0.2, 0.25) is 0 Å². The first-order valence-corrected chi connectivity index (χ1v) is 5.02. The summed E-state index contributed by atoms with van der Waals surface area (Å²) in [4.78, 5) is 0. The molecule has 78 valence electrons. The SMILES string of the molecule is COCCN[C@H](C)CCC=C(C)C. The first-order valence-electron chi connectivity index (χ1n) is 5.02. The summed E-state index contributed by atoms with van der Waals surface area (Å²) in [5.74, 6) is 0. The molecular weight excluding hydrogens is 162 g/mol. The summed E-state index contributed by atoms with van der Waals surface area (Å²) in [5, 5.41) is 3.40. The molecule has 0 aromatic rings. The Kier molecular flexibility index (Phi) is 8.05. The van der Waals surface area contributed by atoms with Gasteiger partial charge in [0.25, 0.3) is 0 Å². The number of allylic oxidation sites excluding steroid dienone is 2. The summed E-state index contributed by atoms with van der Waals surface area (Å²) in [6, 6.07) is 0.589. The Morgan fingerprint density at radius 3 is 2.69 bits per heavy atom. The van der Waals surface area contributed by atoms with Crippen molar-refractivity contribution in [3.8, 4) is 0 Å². The molecule has 0 aliphatic carbocycles. The average molecular weight is 185 g/mol. The predicted octanol–water partition coefficient (Wildman–Crippen LogP) is 2.36. The lowest BCUT2D eigenvalue weighted by atomic mass is 10.1. The molecule has 0 aromatic carbocycles. The molecule has 0 radical (unpaired) electrons. The van der Waals surface area contributed by atoms with Gasteiger partial charge in [0.15, 0.2) is 0 Å². The molecular formula is C11H23NO. The van der Waals surface area contributed by atoms with Gasteiger partial charge in [0.2, 0.25) is 0 Å². The van der Waals surface area contributed by atoms with E-state index in [1.54, 1.807) is 7.11 Å². The van der Waals surface area contributed by atoms with Crippen molar-refractivity contribution in [2.75, 3.05) is 20.3 Å². The Morgan fingerprint density at radius 2 is 2.15 bits per heavy atom. The van der Waals surface area contributed by atoms with Crippen LogP contribution in [0, 0.1) is 0 Å². The van der Waals surface area contributed by atoms with Crippen LogP contribution in [-0.4, -0.2) is 26.3 Å². The van der Waals surface area contributed by atoms with E-state index in [0.29, 0.717) is 6.04 Å². The molecule has 0 unspecified atom stereocenters. The lowest BCUT2D eigenvalue weighted by Gasteiger charge is -2.11. The van der Waals surface area contributed by atoms with Crippen LogP contribution in [0.4, 0.5) is 0 Å². The van der Waals surface area contributed by atoms with E-state index in [1.165, 1.54) is 18.4 Å². The molecule has 0 saturated heterocycles. The highest BCUT2D eigenvalue weighted by Crippen LogP contribution is 2.00. The van der Waals surface area contributed by atoms with Crippen LogP contribution in [0.1, 0.15) is 33.6 Å². The lowest BCUT2D eigenvalue weighted by Crippen LogP contribution is -2.28. The molecule has 1 atom stereocenters. The minimum atomic E-state index is 0.589. The van der Waals surface area contributed by atoms with E-state index in [-0.39, 0.29) is 0 Å². The molecule has 0 fully saturated rings. The van der Waals surface area contributed by atoms with E-state index in [1.807, 2.05) is 0 Å². The van der Waals surface area contributed by atoms with E-state index in [4.69, 9.17) is 4.74 Å². The molecule has 1 N–H and O–H groups in total. The van der Waals surface area contributed by atoms with Crippen LogP contribution >= 0.6 is 0 Å². The number of rotatable bonds is 7. The molecule has 2 heteroatoms. The van der Waals surface area contributed by atoms with Gasteiger partial charge >= 0.3 is 0 Å². The average Bonchev–Trinajstić information content (AvgIpc) is 2.04. The number of hydrogen-bond acceptors (Lipinski definition) is 2. The maximum absolute atomic E-state index is 4.96. The molecule has 0 spiro atoms. The van der Waals surface area contributed by atoms with Crippen molar-refractivity contribution >= 4 is 0 Å². The molecule has 0 amide bonds. The predicted molar refractivity (Wildman–Crippen MR) is 58.0 cm³/mol. The van der Waals surface area contributed by atoms with E-state index in [2.05, 4.69) is 32.2 Å². The molecule has 13 heavy (non-hydrogen) atoms. The largest absolute Gasteiger partial charge is 0.383 e. The van der Waals surface area contributed by atoms with Crippen molar-refractivity contribution in [2.45, 2.75) is 39.7 Å². The second-order valence-electron chi connectivity index (χ2n) is 3.71. The van der Waals surface area contributed by atoms with E-state index in [0.717, 1.165) is 13.2 Å². The lowest BCUT2D eigenvalue weighted by molar-refractivity contribution is 0.196. The third kappa shape index (κ3) is 9.57. The maximum atomic E-state index is 4.96. The molecule has 0 aliphatic heterocycles. The highest BCUT2D eigenvalue weighted by atomic mass is 16.5. The third-order valence-corrected chi connectivity index (χ3v) is 1.95.